The molecule has 0 amide bonds. The van der Waals surface area contributed by atoms with Gasteiger partial charge in [0.2, 0.25) is 0 Å². The number of carbonyl (C=O) groups is 16. The van der Waals surface area contributed by atoms with Gasteiger partial charge in [-0.25, -0.2) is 0 Å². The standard InChI is InChI=1S/8C6H10O3.2Ti/c8*1-2-3-5(7)4-6(8)9;;/h8*2-4H2,1H3,(H,8,9);;/q;;;;;;;;2*+4/p-8. The molecule has 0 rings (SSSR count). The summed E-state index contributed by atoms with van der Waals surface area (Å²) in [6, 6.07) is 0. The fourth-order valence-electron chi connectivity index (χ4n) is 4.23. The van der Waals surface area contributed by atoms with E-state index in [1.54, 1.807) is 0 Å². The van der Waals surface area contributed by atoms with E-state index < -0.39 is 99.1 Å². The van der Waals surface area contributed by atoms with Crippen molar-refractivity contribution in [2.24, 2.45) is 0 Å². The maximum absolute atomic E-state index is 10.4. The first-order valence-corrected chi connectivity index (χ1v) is 23.0. The summed E-state index contributed by atoms with van der Waals surface area (Å²) in [6.07, 6.45) is 4.84. The van der Waals surface area contributed by atoms with Gasteiger partial charge in [0.1, 0.15) is 46.3 Å². The van der Waals surface area contributed by atoms with E-state index in [1.165, 1.54) is 0 Å². The number of hydrogen-bond donors (Lipinski definition) is 0. The van der Waals surface area contributed by atoms with E-state index in [9.17, 15) is 118 Å². The molecule has 0 saturated carbocycles. The van der Waals surface area contributed by atoms with Crippen molar-refractivity contribution in [1.29, 1.82) is 0 Å². The van der Waals surface area contributed by atoms with Crippen LogP contribution in [0.3, 0.4) is 0 Å². The van der Waals surface area contributed by atoms with Crippen LogP contribution in [0.5, 0.6) is 0 Å². The molecular weight excluding hydrogens is 1060 g/mol. The first-order valence-electron chi connectivity index (χ1n) is 23.0. The average molecular weight is 1130 g/mol. The van der Waals surface area contributed by atoms with Gasteiger partial charge in [-0.1, -0.05) is 55.4 Å². The summed E-state index contributed by atoms with van der Waals surface area (Å²) in [4.78, 5) is 161. The molecule has 0 spiro atoms. The second-order valence-corrected chi connectivity index (χ2v) is 14.7. The summed E-state index contributed by atoms with van der Waals surface area (Å²) in [5, 5.41) is 78.0. The Hall–Kier alpha value is -5.45. The van der Waals surface area contributed by atoms with Crippen molar-refractivity contribution in [3.8, 4) is 0 Å². The third-order valence-corrected chi connectivity index (χ3v) is 6.96. The van der Waals surface area contributed by atoms with Crippen LogP contribution in [0.15, 0.2) is 0 Å². The maximum atomic E-state index is 10.4. The molecule has 0 saturated heterocycles. The number of rotatable bonds is 32. The van der Waals surface area contributed by atoms with Gasteiger partial charge in [0, 0.05) is 150 Å². The molecule has 416 valence electrons. The number of ketones is 8. The molecule has 0 bridgehead atoms. The normalized spacial score (nSPS) is 8.76. The van der Waals surface area contributed by atoms with E-state index in [1.807, 2.05) is 55.4 Å². The Bertz CT molecular complexity index is 1310. The molecule has 0 heterocycles. The maximum Gasteiger partial charge on any atom is 4.00 e. The smallest absolute Gasteiger partial charge is 0.550 e. The van der Waals surface area contributed by atoms with Crippen LogP contribution in [0.2, 0.25) is 0 Å². The fraction of sp³-hybridized carbons (Fsp3) is 0.667. The van der Waals surface area contributed by atoms with Crippen molar-refractivity contribution < 1.29 is 161 Å². The van der Waals surface area contributed by atoms with Crippen molar-refractivity contribution in [2.75, 3.05) is 0 Å². The number of hydrogen-bond acceptors (Lipinski definition) is 24. The largest absolute Gasteiger partial charge is 4.00 e. The van der Waals surface area contributed by atoms with Crippen LogP contribution in [0.25, 0.3) is 0 Å². The number of carboxylic acid groups (broad SMARTS) is 8. The average Bonchev–Trinajstić information content (AvgIpc) is 3.18. The van der Waals surface area contributed by atoms with Crippen molar-refractivity contribution in [3.05, 3.63) is 0 Å². The third kappa shape index (κ3) is 112. The molecule has 0 aliphatic heterocycles. The summed E-state index contributed by atoms with van der Waals surface area (Å²) in [5.74, 6) is -12.3. The zero-order valence-electron chi connectivity index (χ0n) is 43.8. The molecule has 0 aromatic heterocycles. The Kier molecular flexibility index (Phi) is 83.3. The van der Waals surface area contributed by atoms with Gasteiger partial charge in [-0.15, -0.1) is 0 Å². The van der Waals surface area contributed by atoms with Gasteiger partial charge < -0.3 is 79.2 Å². The molecule has 26 heteroatoms. The number of carboxylic acids is 8. The molecule has 0 unspecified atom stereocenters. The number of Topliss-reactive ketones (excluding diaryl/α,β-unsaturated/α-hetero) is 8. The van der Waals surface area contributed by atoms with Crippen molar-refractivity contribution in [3.63, 3.8) is 0 Å². The summed E-state index contributed by atoms with van der Waals surface area (Å²) >= 11 is 0. The van der Waals surface area contributed by atoms with E-state index in [0.29, 0.717) is 103 Å². The molecule has 74 heavy (non-hydrogen) atoms. The molecule has 0 N–H and O–H groups in total. The fourth-order valence-corrected chi connectivity index (χ4v) is 4.23. The predicted octanol–water partition coefficient (Wildman–Crippen LogP) is -4.04. The van der Waals surface area contributed by atoms with Gasteiger partial charge in [0.25, 0.3) is 0 Å². The zero-order valence-corrected chi connectivity index (χ0v) is 46.9. The van der Waals surface area contributed by atoms with Crippen LogP contribution in [-0.4, -0.2) is 94.0 Å². The van der Waals surface area contributed by atoms with Crippen LogP contribution >= 0.6 is 0 Å². The van der Waals surface area contributed by atoms with E-state index in [2.05, 4.69) is 0 Å². The van der Waals surface area contributed by atoms with Crippen LogP contribution in [0.1, 0.15) is 209 Å². The van der Waals surface area contributed by atoms with Crippen molar-refractivity contribution >= 4 is 94.0 Å². The van der Waals surface area contributed by atoms with Crippen molar-refractivity contribution in [1.82, 2.24) is 0 Å². The van der Waals surface area contributed by atoms with Crippen LogP contribution in [0, 0.1) is 0 Å². The molecule has 0 atom stereocenters. The first kappa shape index (κ1) is 91.2. The topological polar surface area (TPSA) is 458 Å². The van der Waals surface area contributed by atoms with Gasteiger partial charge >= 0.3 is 43.4 Å². The summed E-state index contributed by atoms with van der Waals surface area (Å²) < 4.78 is 0. The Labute approximate surface area is 462 Å². The second kappa shape index (κ2) is 67.5. The molecule has 0 aliphatic rings. The minimum absolute atomic E-state index is 0. The Morgan fingerprint density at radius 1 is 0.189 bits per heavy atom. The van der Waals surface area contributed by atoms with Gasteiger partial charge in [-0.2, -0.15) is 0 Å². The quantitative estimate of drug-likeness (QED) is 0.0457. The zero-order chi connectivity index (χ0) is 58.2. The third-order valence-electron chi connectivity index (χ3n) is 6.96. The minimum atomic E-state index is -1.28. The Morgan fingerprint density at radius 2 is 0.257 bits per heavy atom. The van der Waals surface area contributed by atoms with Crippen LogP contribution in [-0.2, 0) is 120 Å². The minimum Gasteiger partial charge on any atom is -0.550 e. The molecule has 0 radical (unpaired) electrons. The summed E-state index contributed by atoms with van der Waals surface area (Å²) in [6.45, 7) is 14.6. The Morgan fingerprint density at radius 3 is 0.297 bits per heavy atom. The molecule has 0 aromatic rings. The molecular formula is C48H72O24Ti2. The van der Waals surface area contributed by atoms with Gasteiger partial charge in [-0.05, 0) is 51.4 Å². The van der Waals surface area contributed by atoms with Crippen LogP contribution in [0.4, 0.5) is 0 Å². The molecule has 24 nitrogen and oxygen atoms in total. The van der Waals surface area contributed by atoms with Crippen molar-refractivity contribution in [2.45, 2.75) is 209 Å². The van der Waals surface area contributed by atoms with E-state index in [4.69, 9.17) is 0 Å². The molecule has 0 aromatic carbocycles. The van der Waals surface area contributed by atoms with Gasteiger partial charge in [-0.3, -0.25) is 38.4 Å². The predicted molar refractivity (Wildman–Crippen MR) is 236 cm³/mol. The first-order chi connectivity index (χ1) is 33.3. The van der Waals surface area contributed by atoms with E-state index >= 15 is 0 Å². The van der Waals surface area contributed by atoms with Gasteiger partial charge in [0.05, 0.1) is 0 Å². The SMILES string of the molecule is CCCC(=O)CC(=O)[O-].CCCC(=O)CC(=O)[O-].CCCC(=O)CC(=O)[O-].CCCC(=O)CC(=O)[O-].CCCC(=O)CC(=O)[O-].CCCC(=O)CC(=O)[O-].CCCC(=O)CC(=O)[O-].CCCC(=O)CC(=O)[O-].[Ti+4].[Ti+4]. The van der Waals surface area contributed by atoms with Gasteiger partial charge in [0.15, 0.2) is 0 Å². The molecule has 0 fully saturated rings. The molecule has 0 aliphatic carbocycles. The summed E-state index contributed by atoms with van der Waals surface area (Å²) in [5.41, 5.74) is 0. The van der Waals surface area contributed by atoms with E-state index in [0.717, 1.165) is 0 Å². The monoisotopic (exact) mass is 1130 g/mol. The second-order valence-electron chi connectivity index (χ2n) is 14.7. The van der Waals surface area contributed by atoms with E-state index in [-0.39, 0.29) is 89.7 Å². The summed E-state index contributed by atoms with van der Waals surface area (Å²) in [7, 11) is 0. The van der Waals surface area contributed by atoms with Crippen LogP contribution < -0.4 is 40.9 Å². The Balaban J connectivity index is -0.0000000788. The number of aliphatic carboxylic acids is 8. The number of carbonyl (C=O) groups excluding carboxylic acids is 16.